The molecule has 1 aliphatic rings. The maximum absolute atomic E-state index is 12.4. The molecule has 1 fully saturated rings. The van der Waals surface area contributed by atoms with Crippen LogP contribution >= 0.6 is 0 Å². The Hall–Kier alpha value is -4.52. The van der Waals surface area contributed by atoms with Gasteiger partial charge in [-0.1, -0.05) is 165 Å². The number of benzene rings is 2. The van der Waals surface area contributed by atoms with Gasteiger partial charge in [0.25, 0.3) is 0 Å². The van der Waals surface area contributed by atoms with Crippen molar-refractivity contribution in [1.29, 1.82) is 0 Å². The van der Waals surface area contributed by atoms with Crippen LogP contribution in [0, 0.1) is 0 Å². The monoisotopic (exact) mass is 1230 g/mol. The Morgan fingerprint density at radius 3 is 0.977 bits per heavy atom. The predicted molar refractivity (Wildman–Crippen MR) is 354 cm³/mol. The van der Waals surface area contributed by atoms with Gasteiger partial charge in [-0.25, -0.2) is 0 Å². The summed E-state index contributed by atoms with van der Waals surface area (Å²) >= 11 is 0. The van der Waals surface area contributed by atoms with Gasteiger partial charge >= 0.3 is 11.9 Å². The van der Waals surface area contributed by atoms with Crippen molar-refractivity contribution in [3.63, 3.8) is 0 Å². The Bertz CT molecular complexity index is 1890. The third kappa shape index (κ3) is 47.4. The van der Waals surface area contributed by atoms with Crippen LogP contribution < -0.4 is 20.1 Å². The van der Waals surface area contributed by atoms with Crippen molar-refractivity contribution in [2.24, 2.45) is 0 Å². The van der Waals surface area contributed by atoms with E-state index in [1.165, 1.54) is 116 Å². The van der Waals surface area contributed by atoms with Crippen LogP contribution in [0.25, 0.3) is 0 Å². The second kappa shape index (κ2) is 57.6. The predicted octanol–water partition coefficient (Wildman–Crippen LogP) is 13.3. The van der Waals surface area contributed by atoms with Crippen molar-refractivity contribution in [3.8, 4) is 11.5 Å². The first kappa shape index (κ1) is 77.7. The smallest absolute Gasteiger partial charge is 0.311 e. The van der Waals surface area contributed by atoms with E-state index in [2.05, 4.69) is 58.6 Å². The summed E-state index contributed by atoms with van der Waals surface area (Å²) in [6, 6.07) is 14.3. The largest absolute Gasteiger partial charge is 0.427 e. The van der Waals surface area contributed by atoms with Crippen LogP contribution in [-0.4, -0.2) is 165 Å². The first-order valence-electron chi connectivity index (χ1n) is 34.7. The maximum atomic E-state index is 12.4. The van der Waals surface area contributed by atoms with Gasteiger partial charge < -0.3 is 48.5 Å². The third-order valence-electron chi connectivity index (χ3n) is 15.5. The zero-order valence-electron chi connectivity index (χ0n) is 55.1. The van der Waals surface area contributed by atoms with E-state index in [1.54, 1.807) is 24.3 Å². The minimum atomic E-state index is -0.213. The van der Waals surface area contributed by atoms with E-state index in [1.807, 2.05) is 24.3 Å². The summed E-state index contributed by atoms with van der Waals surface area (Å²) in [7, 11) is 0. The number of rotatable bonds is 60. The molecule has 1 aliphatic heterocycles. The van der Waals surface area contributed by atoms with Gasteiger partial charge in [0.2, 0.25) is 11.8 Å². The van der Waals surface area contributed by atoms with Gasteiger partial charge in [0.05, 0.1) is 92.1 Å². The summed E-state index contributed by atoms with van der Waals surface area (Å²) < 4.78 is 45.2. The van der Waals surface area contributed by atoms with E-state index in [9.17, 15) is 19.2 Å². The molecule has 3 rings (SSSR count). The molecular weight excluding hydrogens is 1110 g/mol. The fourth-order valence-corrected chi connectivity index (χ4v) is 10.1. The van der Waals surface area contributed by atoms with Crippen LogP contribution in [0.3, 0.4) is 0 Å². The van der Waals surface area contributed by atoms with E-state index >= 15 is 0 Å². The Balaban J connectivity index is 0.996. The number of nitrogens with one attached hydrogen (secondary N) is 2. The summed E-state index contributed by atoms with van der Waals surface area (Å²) in [5, 5.41) is 5.78. The average molecular weight is 1230 g/mol. The summed E-state index contributed by atoms with van der Waals surface area (Å²) in [6.07, 6.45) is 42.4. The van der Waals surface area contributed by atoms with Gasteiger partial charge in [-0.3, -0.25) is 29.0 Å². The highest BCUT2D eigenvalue weighted by Crippen LogP contribution is 2.18. The SMILES string of the molecule is CCCCCCCC/C=C\CCCCCCCC(=O)Oc1ccc(CC(=O)NCCOCCOCCOCCN2CCN(CCOCCOCCOCCNC(=O)Cc3ccc(OC(=O)CCCCCCC/C=C\CCCCCCCC)cc3)CC2)cc1. The molecule has 2 aromatic rings. The molecule has 0 bridgehead atoms. The zero-order valence-corrected chi connectivity index (χ0v) is 55.1. The van der Waals surface area contributed by atoms with E-state index in [-0.39, 0.29) is 36.6 Å². The van der Waals surface area contributed by atoms with Crippen molar-refractivity contribution >= 4 is 23.8 Å². The molecule has 1 saturated heterocycles. The molecule has 0 spiro atoms. The van der Waals surface area contributed by atoms with E-state index in [0.29, 0.717) is 117 Å². The van der Waals surface area contributed by atoms with E-state index < -0.39 is 0 Å². The van der Waals surface area contributed by atoms with Crippen molar-refractivity contribution in [2.75, 3.05) is 132 Å². The molecule has 88 heavy (non-hydrogen) atoms. The number of hydrogen-bond acceptors (Lipinski definition) is 14. The van der Waals surface area contributed by atoms with E-state index in [0.717, 1.165) is 102 Å². The molecule has 0 aliphatic carbocycles. The molecule has 0 aromatic heterocycles. The molecule has 1 heterocycles. The fourth-order valence-electron chi connectivity index (χ4n) is 10.1. The number of carbonyl (C=O) groups is 4. The van der Waals surface area contributed by atoms with Gasteiger partial charge in [0.1, 0.15) is 11.5 Å². The first-order valence-corrected chi connectivity index (χ1v) is 34.7. The Labute approximate surface area is 532 Å². The molecule has 0 radical (unpaired) electrons. The minimum Gasteiger partial charge on any atom is -0.427 e. The highest BCUT2D eigenvalue weighted by atomic mass is 16.6. The van der Waals surface area contributed by atoms with Crippen molar-refractivity contribution in [1.82, 2.24) is 20.4 Å². The molecule has 0 atom stereocenters. The lowest BCUT2D eigenvalue weighted by molar-refractivity contribution is -0.135. The summed E-state index contributed by atoms with van der Waals surface area (Å²) in [6.45, 7) is 17.2. The maximum Gasteiger partial charge on any atom is 0.311 e. The number of ether oxygens (including phenoxy) is 8. The van der Waals surface area contributed by atoms with Gasteiger partial charge in [-0.05, 0) is 99.6 Å². The van der Waals surface area contributed by atoms with E-state index in [4.69, 9.17) is 37.9 Å². The van der Waals surface area contributed by atoms with Crippen LogP contribution in [0.2, 0.25) is 0 Å². The van der Waals surface area contributed by atoms with Crippen molar-refractivity contribution in [2.45, 2.75) is 206 Å². The number of unbranched alkanes of at least 4 members (excludes halogenated alkanes) is 22. The Morgan fingerprint density at radius 2 is 0.648 bits per heavy atom. The number of carbonyl (C=O) groups excluding carboxylic acids is 4. The number of allylic oxidation sites excluding steroid dienone is 4. The molecule has 500 valence electrons. The number of esters is 2. The minimum absolute atomic E-state index is 0.0907. The molecule has 0 saturated carbocycles. The number of amides is 2. The molecule has 16 nitrogen and oxygen atoms in total. The van der Waals surface area contributed by atoms with Gasteiger partial charge in [-0.2, -0.15) is 0 Å². The lowest BCUT2D eigenvalue weighted by atomic mass is 10.1. The van der Waals surface area contributed by atoms with Crippen LogP contribution in [0.1, 0.15) is 205 Å². The lowest BCUT2D eigenvalue weighted by Crippen LogP contribution is -2.48. The molecule has 2 amide bonds. The first-order chi connectivity index (χ1) is 43.3. The van der Waals surface area contributed by atoms with Gasteiger partial charge in [0.15, 0.2) is 0 Å². The average Bonchev–Trinajstić information content (AvgIpc) is 3.68. The Kier molecular flexibility index (Phi) is 50.9. The van der Waals surface area contributed by atoms with Gasteiger partial charge in [-0.15, -0.1) is 0 Å². The van der Waals surface area contributed by atoms with Crippen molar-refractivity contribution < 1.29 is 57.1 Å². The second-order valence-corrected chi connectivity index (χ2v) is 23.3. The highest BCUT2D eigenvalue weighted by molar-refractivity contribution is 5.79. The third-order valence-corrected chi connectivity index (χ3v) is 15.5. The fraction of sp³-hybridized carbons (Fsp3) is 0.722. The molecule has 0 unspecified atom stereocenters. The molecule has 16 heteroatoms. The molecule has 2 N–H and O–H groups in total. The molecular formula is C72H120N4O12. The van der Waals surface area contributed by atoms with Gasteiger partial charge in [0, 0.05) is 65.2 Å². The van der Waals surface area contributed by atoms with Crippen molar-refractivity contribution in [3.05, 3.63) is 84.0 Å². The quantitative estimate of drug-likeness (QED) is 0.0277. The topological polar surface area (TPSA) is 173 Å². The number of nitrogens with zero attached hydrogens (tertiary/aromatic N) is 2. The highest BCUT2D eigenvalue weighted by Gasteiger charge is 2.16. The second-order valence-electron chi connectivity index (χ2n) is 23.3. The Morgan fingerprint density at radius 1 is 0.364 bits per heavy atom. The standard InChI is InChI=1S/C72H120N4O12/c1-3-5-7-9-11-13-15-17-19-21-23-25-27-29-31-33-71(79)87-67-39-35-65(36-40-67)63-69(77)73-43-51-81-55-59-85-61-57-83-53-49-75-45-47-76(48-46-75)50-54-84-58-62-86-60-56-82-52-44-74-70(78)64-66-37-41-68(42-38-66)88-72(80)34-32-30-28-26-24-22-20-18-16-14-12-10-8-6-4-2/h17-20,35-42H,3-16,21-34,43-64H2,1-2H3,(H,73,77)(H,74,78)/b19-17-,20-18-. The zero-order chi connectivity index (χ0) is 62.7. The normalized spacial score (nSPS) is 13.0. The lowest BCUT2D eigenvalue weighted by Gasteiger charge is -2.34. The summed E-state index contributed by atoms with van der Waals surface area (Å²) in [5.74, 6) is 0.402. The number of piperazine rings is 1. The van der Waals surface area contributed by atoms with Crippen LogP contribution in [0.5, 0.6) is 11.5 Å². The van der Waals surface area contributed by atoms with Crippen LogP contribution in [0.4, 0.5) is 0 Å². The number of hydrogen-bond donors (Lipinski definition) is 2. The van der Waals surface area contributed by atoms with Crippen LogP contribution in [0.15, 0.2) is 72.8 Å². The summed E-state index contributed by atoms with van der Waals surface area (Å²) in [4.78, 5) is 54.4. The molecule has 2 aromatic carbocycles. The van der Waals surface area contributed by atoms with Crippen LogP contribution in [-0.2, 0) is 60.4 Å². The summed E-state index contributed by atoms with van der Waals surface area (Å²) in [5.41, 5.74) is 1.70.